The number of pyridine rings is 2. The summed E-state index contributed by atoms with van der Waals surface area (Å²) in [5, 5.41) is 12.5. The topological polar surface area (TPSA) is 99.3 Å². The molecule has 8 heteroatoms. The number of carbonyl (C=O) groups is 1. The SMILES string of the molecule is CCC(=O)Nc1cncc(-c2cnc3n[nH]c(-c4cc5c(-c6ccc(C)s6)cccc5[nH]4)c3c2)c1. The number of aromatic nitrogens is 5. The molecule has 5 aromatic heterocycles. The number of H-pyrrole nitrogens is 2. The van der Waals surface area contributed by atoms with Crippen LogP contribution in [0.15, 0.2) is 67.1 Å². The van der Waals surface area contributed by atoms with Crippen LogP contribution in [0.25, 0.3) is 54.9 Å². The number of hydrogen-bond donors (Lipinski definition) is 3. The summed E-state index contributed by atoms with van der Waals surface area (Å²) in [6.45, 7) is 3.94. The molecule has 6 rings (SSSR count). The highest BCUT2D eigenvalue weighted by Crippen LogP contribution is 2.37. The molecular formula is C27H22N6OS. The molecule has 6 aromatic rings. The van der Waals surface area contributed by atoms with E-state index in [4.69, 9.17) is 0 Å². The van der Waals surface area contributed by atoms with Gasteiger partial charge < -0.3 is 10.3 Å². The molecule has 1 aromatic carbocycles. The second-order valence-electron chi connectivity index (χ2n) is 8.42. The number of carbonyl (C=O) groups excluding carboxylic acids is 1. The second kappa shape index (κ2) is 8.48. The Balaban J connectivity index is 1.43. The summed E-state index contributed by atoms with van der Waals surface area (Å²) in [7, 11) is 0. The smallest absolute Gasteiger partial charge is 0.224 e. The van der Waals surface area contributed by atoms with E-state index in [1.807, 2.05) is 13.0 Å². The van der Waals surface area contributed by atoms with Crippen molar-refractivity contribution in [1.82, 2.24) is 25.1 Å². The first-order valence-electron chi connectivity index (χ1n) is 11.4. The number of amides is 1. The van der Waals surface area contributed by atoms with E-state index < -0.39 is 0 Å². The number of aryl methyl sites for hydroxylation is 1. The third-order valence-electron chi connectivity index (χ3n) is 6.03. The number of benzene rings is 1. The monoisotopic (exact) mass is 478 g/mol. The van der Waals surface area contributed by atoms with Crippen molar-refractivity contribution in [1.29, 1.82) is 0 Å². The summed E-state index contributed by atoms with van der Waals surface area (Å²) in [4.78, 5) is 26.7. The van der Waals surface area contributed by atoms with Gasteiger partial charge in [0, 0.05) is 61.5 Å². The van der Waals surface area contributed by atoms with Crippen LogP contribution in [0.2, 0.25) is 0 Å². The minimum Gasteiger partial charge on any atom is -0.353 e. The van der Waals surface area contributed by atoms with Crippen LogP contribution < -0.4 is 5.32 Å². The number of thiophene rings is 1. The lowest BCUT2D eigenvalue weighted by Crippen LogP contribution is -2.09. The Kier molecular flexibility index (Phi) is 5.15. The van der Waals surface area contributed by atoms with E-state index in [0.29, 0.717) is 17.8 Å². The molecule has 0 unspecified atom stereocenters. The average molecular weight is 479 g/mol. The van der Waals surface area contributed by atoms with Crippen LogP contribution >= 0.6 is 11.3 Å². The molecule has 0 saturated carbocycles. The second-order valence-corrected chi connectivity index (χ2v) is 9.71. The van der Waals surface area contributed by atoms with Gasteiger partial charge in [0.2, 0.25) is 5.91 Å². The van der Waals surface area contributed by atoms with E-state index in [0.717, 1.165) is 33.4 Å². The molecule has 7 nitrogen and oxygen atoms in total. The van der Waals surface area contributed by atoms with E-state index in [2.05, 4.69) is 79.9 Å². The van der Waals surface area contributed by atoms with Gasteiger partial charge in [0.15, 0.2) is 5.65 Å². The number of anilines is 1. The molecule has 0 fully saturated rings. The van der Waals surface area contributed by atoms with Crippen LogP contribution in [0.5, 0.6) is 0 Å². The quantitative estimate of drug-likeness (QED) is 0.261. The Morgan fingerprint density at radius 3 is 2.74 bits per heavy atom. The van der Waals surface area contributed by atoms with Crippen molar-refractivity contribution in [3.05, 3.63) is 72.0 Å². The Bertz CT molecular complexity index is 1710. The van der Waals surface area contributed by atoms with Gasteiger partial charge in [-0.05, 0) is 43.3 Å². The molecule has 0 aliphatic heterocycles. The van der Waals surface area contributed by atoms with E-state index in [1.54, 1.807) is 29.9 Å². The molecule has 35 heavy (non-hydrogen) atoms. The zero-order valence-electron chi connectivity index (χ0n) is 19.2. The van der Waals surface area contributed by atoms with Crippen LogP contribution in [-0.4, -0.2) is 31.1 Å². The highest BCUT2D eigenvalue weighted by atomic mass is 32.1. The summed E-state index contributed by atoms with van der Waals surface area (Å²) >= 11 is 1.79. The van der Waals surface area contributed by atoms with Gasteiger partial charge in [0.25, 0.3) is 0 Å². The number of aromatic amines is 2. The van der Waals surface area contributed by atoms with Gasteiger partial charge in [-0.15, -0.1) is 11.3 Å². The number of nitrogens with zero attached hydrogens (tertiary/aromatic N) is 3. The minimum absolute atomic E-state index is 0.0504. The maximum atomic E-state index is 11.8. The summed E-state index contributed by atoms with van der Waals surface area (Å²) in [5.41, 5.74) is 7.17. The minimum atomic E-state index is -0.0504. The maximum absolute atomic E-state index is 11.8. The molecule has 0 aliphatic rings. The van der Waals surface area contributed by atoms with E-state index in [9.17, 15) is 4.79 Å². The molecule has 0 bridgehead atoms. The normalized spacial score (nSPS) is 11.4. The fourth-order valence-electron chi connectivity index (χ4n) is 4.26. The van der Waals surface area contributed by atoms with Crippen LogP contribution in [0.1, 0.15) is 18.2 Å². The third-order valence-corrected chi connectivity index (χ3v) is 7.06. The lowest BCUT2D eigenvalue weighted by Gasteiger charge is -2.06. The van der Waals surface area contributed by atoms with Crippen molar-refractivity contribution >= 4 is 44.9 Å². The van der Waals surface area contributed by atoms with Crippen molar-refractivity contribution in [2.45, 2.75) is 20.3 Å². The van der Waals surface area contributed by atoms with Gasteiger partial charge in [-0.25, -0.2) is 4.98 Å². The molecule has 0 saturated heterocycles. The van der Waals surface area contributed by atoms with Crippen LogP contribution in [0.4, 0.5) is 5.69 Å². The number of nitrogens with one attached hydrogen (secondary N) is 3. The first-order chi connectivity index (χ1) is 17.1. The molecule has 0 radical (unpaired) electrons. The van der Waals surface area contributed by atoms with Crippen molar-refractivity contribution in [2.24, 2.45) is 0 Å². The number of rotatable bonds is 5. The van der Waals surface area contributed by atoms with Crippen LogP contribution in [-0.2, 0) is 4.79 Å². The highest BCUT2D eigenvalue weighted by Gasteiger charge is 2.15. The van der Waals surface area contributed by atoms with Crippen molar-refractivity contribution in [2.75, 3.05) is 5.32 Å². The molecule has 0 aliphatic carbocycles. The Morgan fingerprint density at radius 2 is 1.91 bits per heavy atom. The molecule has 1 amide bonds. The molecule has 3 N–H and O–H groups in total. The molecular weight excluding hydrogens is 456 g/mol. The molecule has 172 valence electrons. The zero-order chi connectivity index (χ0) is 23.9. The first-order valence-corrected chi connectivity index (χ1v) is 12.2. The Labute approximate surface area is 205 Å². The third kappa shape index (κ3) is 3.87. The summed E-state index contributed by atoms with van der Waals surface area (Å²) in [6, 6.07) is 16.8. The standard InChI is InChI=1S/C27H22N6OS/c1-3-25(34)30-18-9-16(12-28-14-18)17-10-21-26(32-33-27(21)29-13-17)23-11-20-19(5-4-6-22(20)31-23)24-8-7-15(2)35-24/h4-14,31H,3H2,1-2H3,(H,30,34)(H,29,32,33). The molecule has 0 spiro atoms. The maximum Gasteiger partial charge on any atom is 0.224 e. The van der Waals surface area contributed by atoms with Crippen molar-refractivity contribution < 1.29 is 4.79 Å². The highest BCUT2D eigenvalue weighted by molar-refractivity contribution is 7.15. The number of fused-ring (bicyclic) bond motifs is 2. The van der Waals surface area contributed by atoms with Gasteiger partial charge in [-0.2, -0.15) is 5.10 Å². The molecule has 0 atom stereocenters. The summed E-state index contributed by atoms with van der Waals surface area (Å²) < 4.78 is 0. The van der Waals surface area contributed by atoms with E-state index >= 15 is 0 Å². The van der Waals surface area contributed by atoms with E-state index in [1.165, 1.54) is 20.7 Å². The van der Waals surface area contributed by atoms with Gasteiger partial charge in [0.1, 0.15) is 0 Å². The van der Waals surface area contributed by atoms with Gasteiger partial charge in [-0.3, -0.25) is 14.9 Å². The van der Waals surface area contributed by atoms with Crippen molar-refractivity contribution in [3.63, 3.8) is 0 Å². The fraction of sp³-hybridized carbons (Fsp3) is 0.111. The van der Waals surface area contributed by atoms with Gasteiger partial charge in [0.05, 0.1) is 23.3 Å². The Hall–Kier alpha value is -4.30. The van der Waals surface area contributed by atoms with Gasteiger partial charge in [-0.1, -0.05) is 19.1 Å². The molecule has 5 heterocycles. The summed E-state index contributed by atoms with van der Waals surface area (Å²) in [6.07, 6.45) is 5.60. The largest absolute Gasteiger partial charge is 0.353 e. The van der Waals surface area contributed by atoms with Crippen molar-refractivity contribution in [3.8, 4) is 33.0 Å². The average Bonchev–Trinajstić information content (AvgIpc) is 3.61. The van der Waals surface area contributed by atoms with Crippen LogP contribution in [0, 0.1) is 6.92 Å². The summed E-state index contributed by atoms with van der Waals surface area (Å²) in [5.74, 6) is -0.0504. The van der Waals surface area contributed by atoms with E-state index in [-0.39, 0.29) is 5.91 Å². The fourth-order valence-corrected chi connectivity index (χ4v) is 5.17. The lowest BCUT2D eigenvalue weighted by atomic mass is 10.1. The van der Waals surface area contributed by atoms with Crippen LogP contribution in [0.3, 0.4) is 0 Å². The predicted octanol–water partition coefficient (Wildman–Crippen LogP) is 6.55. The predicted molar refractivity (Wildman–Crippen MR) is 141 cm³/mol. The lowest BCUT2D eigenvalue weighted by molar-refractivity contribution is -0.115. The zero-order valence-corrected chi connectivity index (χ0v) is 20.0. The van der Waals surface area contributed by atoms with Gasteiger partial charge >= 0.3 is 0 Å². The first kappa shape index (κ1) is 21.2. The Morgan fingerprint density at radius 1 is 1.03 bits per heavy atom. The number of hydrogen-bond acceptors (Lipinski definition) is 5.